The molecule has 18 heavy (non-hydrogen) atoms. The average Bonchev–Trinajstić information content (AvgIpc) is 2.36. The fourth-order valence-electron chi connectivity index (χ4n) is 1.55. The molecule has 0 atom stereocenters. The van der Waals surface area contributed by atoms with Crippen LogP contribution in [0, 0.1) is 6.92 Å². The van der Waals surface area contributed by atoms with Gasteiger partial charge in [-0.25, -0.2) is 8.42 Å². The minimum absolute atomic E-state index is 0.118. The highest BCUT2D eigenvalue weighted by Crippen LogP contribution is 2.32. The van der Waals surface area contributed by atoms with Crippen molar-refractivity contribution in [3.05, 3.63) is 48.0 Å². The molecule has 0 spiro atoms. The van der Waals surface area contributed by atoms with Gasteiger partial charge in [0, 0.05) is 5.56 Å². The van der Waals surface area contributed by atoms with E-state index >= 15 is 0 Å². The Morgan fingerprint density at radius 3 is 1.89 bits per heavy atom. The number of sulfone groups is 1. The largest absolute Gasteiger partial charge is 0.507 e. The van der Waals surface area contributed by atoms with Crippen molar-refractivity contribution >= 4 is 9.84 Å². The van der Waals surface area contributed by atoms with Crippen molar-refractivity contribution in [2.45, 2.75) is 16.7 Å². The first kappa shape index (κ1) is 12.4. The summed E-state index contributed by atoms with van der Waals surface area (Å²) < 4.78 is 24.5. The zero-order chi connectivity index (χ0) is 13.3. The van der Waals surface area contributed by atoms with E-state index in [1.807, 2.05) is 0 Å². The van der Waals surface area contributed by atoms with Gasteiger partial charge in [-0.3, -0.25) is 0 Å². The number of phenols is 2. The Hall–Kier alpha value is -2.01. The molecule has 0 unspecified atom stereocenters. The van der Waals surface area contributed by atoms with Crippen LogP contribution in [0.15, 0.2) is 52.3 Å². The molecule has 5 heteroatoms. The van der Waals surface area contributed by atoms with Crippen molar-refractivity contribution in [1.82, 2.24) is 0 Å². The molecule has 0 radical (unpaired) electrons. The highest BCUT2D eigenvalue weighted by molar-refractivity contribution is 7.91. The van der Waals surface area contributed by atoms with Crippen LogP contribution < -0.4 is 0 Å². The highest BCUT2D eigenvalue weighted by Gasteiger charge is 2.20. The summed E-state index contributed by atoms with van der Waals surface area (Å²) in [6, 6.07) is 10.1. The van der Waals surface area contributed by atoms with Crippen LogP contribution in [0.1, 0.15) is 5.56 Å². The lowest BCUT2D eigenvalue weighted by molar-refractivity contribution is 0.439. The maximum atomic E-state index is 12.2. The van der Waals surface area contributed by atoms with Gasteiger partial charge in [0.25, 0.3) is 0 Å². The lowest BCUT2D eigenvalue weighted by Crippen LogP contribution is -2.01. The molecule has 2 aromatic carbocycles. The topological polar surface area (TPSA) is 74.6 Å². The molecule has 0 aliphatic carbocycles. The Morgan fingerprint density at radius 2 is 1.39 bits per heavy atom. The number of benzene rings is 2. The Balaban J connectivity index is 2.63. The summed E-state index contributed by atoms with van der Waals surface area (Å²) in [5, 5.41) is 19.1. The second-order valence-electron chi connectivity index (χ2n) is 3.90. The van der Waals surface area contributed by atoms with Gasteiger partial charge < -0.3 is 10.2 Å². The molecule has 0 aromatic heterocycles. The van der Waals surface area contributed by atoms with Gasteiger partial charge in [-0.15, -0.1) is 0 Å². The number of hydrogen-bond acceptors (Lipinski definition) is 4. The highest BCUT2D eigenvalue weighted by atomic mass is 32.2. The Kier molecular flexibility index (Phi) is 3.00. The van der Waals surface area contributed by atoms with Crippen LogP contribution in [0.2, 0.25) is 0 Å². The molecule has 0 aliphatic heterocycles. The van der Waals surface area contributed by atoms with Crippen molar-refractivity contribution in [3.63, 3.8) is 0 Å². The molecule has 0 aliphatic rings. The zero-order valence-electron chi connectivity index (χ0n) is 9.66. The molecule has 0 saturated heterocycles. The Morgan fingerprint density at radius 1 is 0.889 bits per heavy atom. The third-order valence-electron chi connectivity index (χ3n) is 2.69. The van der Waals surface area contributed by atoms with Crippen LogP contribution in [0.5, 0.6) is 11.5 Å². The van der Waals surface area contributed by atoms with Gasteiger partial charge in [0.2, 0.25) is 9.84 Å². The minimum Gasteiger partial charge on any atom is -0.507 e. The van der Waals surface area contributed by atoms with Gasteiger partial charge in [0.05, 0.1) is 9.79 Å². The first-order valence-electron chi connectivity index (χ1n) is 5.25. The van der Waals surface area contributed by atoms with Crippen LogP contribution in [-0.4, -0.2) is 18.6 Å². The van der Waals surface area contributed by atoms with Crippen LogP contribution in [0.25, 0.3) is 0 Å². The number of phenolic OH excluding ortho intramolecular Hbond substituents is 2. The molecule has 2 rings (SSSR count). The first-order valence-corrected chi connectivity index (χ1v) is 6.74. The van der Waals surface area contributed by atoms with Gasteiger partial charge >= 0.3 is 0 Å². The third-order valence-corrected chi connectivity index (χ3v) is 4.44. The van der Waals surface area contributed by atoms with E-state index in [0.29, 0.717) is 0 Å². The lowest BCUT2D eigenvalue weighted by atomic mass is 10.2. The zero-order valence-corrected chi connectivity index (χ0v) is 10.5. The van der Waals surface area contributed by atoms with Gasteiger partial charge in [-0.2, -0.15) is 0 Å². The molecule has 0 fully saturated rings. The van der Waals surface area contributed by atoms with Crippen molar-refractivity contribution in [2.24, 2.45) is 0 Å². The summed E-state index contributed by atoms with van der Waals surface area (Å²) >= 11 is 0. The number of aromatic hydroxyl groups is 2. The lowest BCUT2D eigenvalue weighted by Gasteiger charge is -2.08. The molecule has 4 nitrogen and oxygen atoms in total. The number of hydrogen-bond donors (Lipinski definition) is 2. The van der Waals surface area contributed by atoms with Gasteiger partial charge in [-0.1, -0.05) is 18.2 Å². The first-order chi connectivity index (χ1) is 8.43. The van der Waals surface area contributed by atoms with E-state index in [2.05, 4.69) is 0 Å². The van der Waals surface area contributed by atoms with Crippen LogP contribution in [0.3, 0.4) is 0 Å². The summed E-state index contributed by atoms with van der Waals surface area (Å²) in [6.45, 7) is 1.50. The fourth-order valence-corrected chi connectivity index (χ4v) is 2.87. The fraction of sp³-hybridized carbons (Fsp3) is 0.0769. The predicted octanol–water partition coefficient (Wildman–Crippen LogP) is 2.24. The second-order valence-corrected chi connectivity index (χ2v) is 5.85. The van der Waals surface area contributed by atoms with Crippen molar-refractivity contribution in [1.29, 1.82) is 0 Å². The smallest absolute Gasteiger partial charge is 0.206 e. The summed E-state index contributed by atoms with van der Waals surface area (Å²) in [7, 11) is -3.72. The van der Waals surface area contributed by atoms with Crippen LogP contribution in [-0.2, 0) is 9.84 Å². The van der Waals surface area contributed by atoms with E-state index in [-0.39, 0.29) is 26.9 Å². The van der Waals surface area contributed by atoms with E-state index in [4.69, 9.17) is 0 Å². The normalized spacial score (nSPS) is 11.4. The van der Waals surface area contributed by atoms with E-state index in [1.165, 1.54) is 19.1 Å². The summed E-state index contributed by atoms with van der Waals surface area (Å²) in [4.78, 5) is -0.0121. The predicted molar refractivity (Wildman–Crippen MR) is 66.4 cm³/mol. The minimum atomic E-state index is -3.72. The maximum absolute atomic E-state index is 12.2. The molecule has 2 N–H and O–H groups in total. The SMILES string of the molecule is Cc1c(O)cc(S(=O)(=O)c2ccccc2)cc1O. The van der Waals surface area contributed by atoms with Crippen LogP contribution >= 0.6 is 0 Å². The molecular formula is C13H12O4S. The Bertz CT molecular complexity index is 652. The monoisotopic (exact) mass is 264 g/mol. The summed E-state index contributed by atoms with van der Waals surface area (Å²) in [6.07, 6.45) is 0. The standard InChI is InChI=1S/C13H12O4S/c1-9-12(14)7-11(8-13(9)15)18(16,17)10-5-3-2-4-6-10/h2-8,14-15H,1H3. The summed E-state index contributed by atoms with van der Waals surface area (Å²) in [5.74, 6) is -0.492. The van der Waals surface area contributed by atoms with Crippen molar-refractivity contribution in [3.8, 4) is 11.5 Å². The van der Waals surface area contributed by atoms with E-state index in [9.17, 15) is 18.6 Å². The Labute approximate surface area is 105 Å². The molecule has 94 valence electrons. The molecule has 0 bridgehead atoms. The second kappa shape index (κ2) is 4.34. The molecule has 0 amide bonds. The third kappa shape index (κ3) is 2.04. The van der Waals surface area contributed by atoms with Crippen molar-refractivity contribution < 1.29 is 18.6 Å². The summed E-state index contributed by atoms with van der Waals surface area (Å²) in [5.41, 5.74) is 0.252. The van der Waals surface area contributed by atoms with Gasteiger partial charge in [0.1, 0.15) is 11.5 Å². The van der Waals surface area contributed by atoms with Gasteiger partial charge in [-0.05, 0) is 31.2 Å². The molecule has 2 aromatic rings. The quantitative estimate of drug-likeness (QED) is 0.872. The molecular weight excluding hydrogens is 252 g/mol. The van der Waals surface area contributed by atoms with E-state index in [1.54, 1.807) is 18.2 Å². The molecule has 0 heterocycles. The molecule has 0 saturated carbocycles. The van der Waals surface area contributed by atoms with E-state index in [0.717, 1.165) is 12.1 Å². The van der Waals surface area contributed by atoms with Gasteiger partial charge in [0.15, 0.2) is 0 Å². The van der Waals surface area contributed by atoms with Crippen molar-refractivity contribution in [2.75, 3.05) is 0 Å². The van der Waals surface area contributed by atoms with E-state index < -0.39 is 9.84 Å². The average molecular weight is 264 g/mol. The maximum Gasteiger partial charge on any atom is 0.206 e. The number of rotatable bonds is 2. The van der Waals surface area contributed by atoms with Crippen LogP contribution in [0.4, 0.5) is 0 Å².